The second kappa shape index (κ2) is 34.4. The number of rotatable bonds is 31. The van der Waals surface area contributed by atoms with Gasteiger partial charge in [-0.3, -0.25) is 24.0 Å². The molecule has 14 nitrogen and oxygen atoms in total. The molecular formula is C62H89N5O9S3. The summed E-state index contributed by atoms with van der Waals surface area (Å²) < 4.78 is 16.8. The maximum atomic E-state index is 14.5. The number of likely N-dealkylation sites (N-methyl/N-ethyl adjacent to an activating group) is 1. The van der Waals surface area contributed by atoms with Crippen molar-refractivity contribution in [1.29, 1.82) is 0 Å². The van der Waals surface area contributed by atoms with E-state index in [9.17, 15) is 28.8 Å². The average Bonchev–Trinajstić information content (AvgIpc) is 4.18. The lowest BCUT2D eigenvalue weighted by atomic mass is 9.82. The van der Waals surface area contributed by atoms with Gasteiger partial charge in [0.2, 0.25) is 11.8 Å². The molecule has 3 amide bonds. The van der Waals surface area contributed by atoms with Gasteiger partial charge in [0.25, 0.3) is 0 Å². The van der Waals surface area contributed by atoms with Gasteiger partial charge in [0.15, 0.2) is 5.78 Å². The fourth-order valence-electron chi connectivity index (χ4n) is 10.2. The number of benzene rings is 2. The van der Waals surface area contributed by atoms with E-state index in [-0.39, 0.29) is 90.2 Å². The Kier molecular flexibility index (Phi) is 29.0. The highest BCUT2D eigenvalue weighted by molar-refractivity contribution is 8.76. The zero-order valence-corrected chi connectivity index (χ0v) is 51.6. The maximum Gasteiger partial charge on any atom is 0.409 e. The van der Waals surface area contributed by atoms with E-state index in [2.05, 4.69) is 47.8 Å². The van der Waals surface area contributed by atoms with Gasteiger partial charge >= 0.3 is 6.09 Å². The van der Waals surface area contributed by atoms with Crippen molar-refractivity contribution in [2.45, 2.75) is 155 Å². The molecule has 9 atom stereocenters. The summed E-state index contributed by atoms with van der Waals surface area (Å²) in [4.78, 5) is 94.8. The van der Waals surface area contributed by atoms with Crippen LogP contribution in [0.3, 0.4) is 0 Å². The van der Waals surface area contributed by atoms with Gasteiger partial charge in [-0.15, -0.1) is 11.3 Å². The van der Waals surface area contributed by atoms with Crippen LogP contribution in [-0.4, -0.2) is 132 Å². The molecule has 1 aliphatic heterocycles. The summed E-state index contributed by atoms with van der Waals surface area (Å²) in [5, 5.41) is 3.53. The van der Waals surface area contributed by atoms with Crippen molar-refractivity contribution in [3.05, 3.63) is 112 Å². The fraction of sp³-hybridized carbons (Fsp3) is 0.581. The third-order valence-corrected chi connectivity index (χ3v) is 18.8. The number of amides is 3. The molecule has 17 heteroatoms. The first-order valence-electron chi connectivity index (χ1n) is 28.0. The number of hydrogen-bond acceptors (Lipinski definition) is 14. The number of thiazole rings is 1. The lowest BCUT2D eigenvalue weighted by Gasteiger charge is -2.41. The van der Waals surface area contributed by atoms with Crippen molar-refractivity contribution in [3.63, 3.8) is 0 Å². The van der Waals surface area contributed by atoms with Gasteiger partial charge < -0.3 is 28.9 Å². The first-order valence-corrected chi connectivity index (χ1v) is 31.2. The molecule has 1 unspecified atom stereocenters. The number of methoxy groups -OCH3 is 3. The highest BCUT2D eigenvalue weighted by Gasteiger charge is 2.43. The van der Waals surface area contributed by atoms with E-state index in [1.54, 1.807) is 39.4 Å². The Morgan fingerprint density at radius 2 is 1.43 bits per heavy atom. The van der Waals surface area contributed by atoms with Gasteiger partial charge in [-0.1, -0.05) is 139 Å². The van der Waals surface area contributed by atoms with E-state index in [0.717, 1.165) is 41.3 Å². The standard InChI is InChI=1S/C53H77N3O7S.C9H12N2O2S2/c1-12-36(6)50(55(9)53(61)42(35(4)5)31-47(59)37(7)34(2)3)48(62-10)32-49(60)56-28-20-26-44(56)51(63-11)38(8)46(58)30-41(29-40-23-17-14-18-24-40)52-54-43(33-64-52)45(57)27-19-25-39-21-15-13-16-22-39;1-11(9(12)13-2)7-14-15-8-5-3-4-6-10-8/h13-18,21-24,33-38,41-42,44,48,50-51H,12,19-20,25-32H2,1-11H3;3-6H,7H2,1-2H3/t36-,37-,38-,41+,42-,44-,48+,50?,51+;/m0./s1. The molecule has 0 spiro atoms. The Morgan fingerprint density at radius 1 is 0.785 bits per heavy atom. The van der Waals surface area contributed by atoms with Crippen LogP contribution in [-0.2, 0) is 46.2 Å². The van der Waals surface area contributed by atoms with Crippen molar-refractivity contribution in [3.8, 4) is 0 Å². The number of hydrogen-bond donors (Lipinski definition) is 0. The molecule has 4 aromatic rings. The first kappa shape index (κ1) is 66.6. The quantitative estimate of drug-likeness (QED) is 0.0266. The largest absolute Gasteiger partial charge is 0.453 e. The predicted molar refractivity (Wildman–Crippen MR) is 319 cm³/mol. The number of likely N-dealkylation sites (tertiary alicyclic amines) is 1. The summed E-state index contributed by atoms with van der Waals surface area (Å²) in [6, 6.07) is 25.2. The molecule has 0 aliphatic carbocycles. The molecule has 3 heterocycles. The molecule has 0 N–H and O–H groups in total. The lowest BCUT2D eigenvalue weighted by Crippen LogP contribution is -2.54. The molecule has 5 rings (SSSR count). The zero-order chi connectivity index (χ0) is 58.2. The van der Waals surface area contributed by atoms with E-state index in [1.807, 2.05) is 106 Å². The third-order valence-electron chi connectivity index (χ3n) is 15.6. The molecule has 2 aromatic carbocycles. The van der Waals surface area contributed by atoms with Crippen LogP contribution in [0.2, 0.25) is 0 Å². The molecule has 0 radical (unpaired) electrons. The van der Waals surface area contributed by atoms with Gasteiger partial charge in [-0.05, 0) is 83.9 Å². The van der Waals surface area contributed by atoms with Crippen LogP contribution in [0.25, 0.3) is 0 Å². The maximum absolute atomic E-state index is 14.5. The second-order valence-electron chi connectivity index (χ2n) is 21.7. The fourth-order valence-corrected chi connectivity index (χ4v) is 13.1. The number of carbonyl (C=O) groups excluding carboxylic acids is 6. The Labute approximate surface area is 483 Å². The van der Waals surface area contributed by atoms with Crippen LogP contribution >= 0.6 is 32.9 Å². The van der Waals surface area contributed by atoms with E-state index in [1.165, 1.54) is 50.5 Å². The second-order valence-corrected chi connectivity index (χ2v) is 24.9. The number of aryl methyl sites for hydroxylation is 1. The highest BCUT2D eigenvalue weighted by atomic mass is 33.1. The van der Waals surface area contributed by atoms with Crippen LogP contribution in [0.15, 0.2) is 95.5 Å². The van der Waals surface area contributed by atoms with Gasteiger partial charge in [0.1, 0.15) is 22.3 Å². The molecular weight excluding hydrogens is 1050 g/mol. The number of Topliss-reactive ketones (excluding diaryl/α,β-unsaturated/α-hetero) is 3. The van der Waals surface area contributed by atoms with Gasteiger partial charge in [0, 0.05) is 89.4 Å². The summed E-state index contributed by atoms with van der Waals surface area (Å²) in [6.07, 6.45) is 5.54. The molecule has 1 fully saturated rings. The van der Waals surface area contributed by atoms with E-state index in [4.69, 9.17) is 14.5 Å². The molecule has 434 valence electrons. The van der Waals surface area contributed by atoms with Crippen LogP contribution in [0.1, 0.15) is 139 Å². The highest BCUT2D eigenvalue weighted by Crippen LogP contribution is 2.35. The minimum absolute atomic E-state index is 0.00876. The van der Waals surface area contributed by atoms with Gasteiger partial charge in [-0.2, -0.15) is 0 Å². The Hall–Kier alpha value is -4.94. The average molecular weight is 1140 g/mol. The van der Waals surface area contributed by atoms with Crippen LogP contribution in [0.5, 0.6) is 0 Å². The third kappa shape index (κ3) is 20.5. The van der Waals surface area contributed by atoms with Crippen molar-refractivity contribution in [2.75, 3.05) is 47.8 Å². The number of nitrogens with zero attached hydrogens (tertiary/aromatic N) is 5. The normalized spacial score (nSPS) is 16.4. The summed E-state index contributed by atoms with van der Waals surface area (Å²) in [5.74, 6) is -0.747. The molecule has 79 heavy (non-hydrogen) atoms. The van der Waals surface area contributed by atoms with E-state index in [0.29, 0.717) is 37.4 Å². The number of carbonyl (C=O) groups is 6. The van der Waals surface area contributed by atoms with E-state index < -0.39 is 30.1 Å². The minimum Gasteiger partial charge on any atom is -0.453 e. The topological polar surface area (TPSA) is 166 Å². The summed E-state index contributed by atoms with van der Waals surface area (Å²) in [5.41, 5.74) is 2.74. The summed E-state index contributed by atoms with van der Waals surface area (Å²) in [6.45, 7) is 16.6. The number of aromatic nitrogens is 2. The molecule has 2 aromatic heterocycles. The Morgan fingerprint density at radius 3 is 2.01 bits per heavy atom. The van der Waals surface area contributed by atoms with Crippen LogP contribution in [0.4, 0.5) is 4.79 Å². The first-order chi connectivity index (χ1) is 37.8. The van der Waals surface area contributed by atoms with Gasteiger partial charge in [-0.25, -0.2) is 14.8 Å². The smallest absolute Gasteiger partial charge is 0.409 e. The van der Waals surface area contributed by atoms with Gasteiger partial charge in [0.05, 0.1) is 48.7 Å². The van der Waals surface area contributed by atoms with Crippen molar-refractivity contribution >= 4 is 68.2 Å². The monoisotopic (exact) mass is 1140 g/mol. The summed E-state index contributed by atoms with van der Waals surface area (Å²) >= 11 is 1.44. The van der Waals surface area contributed by atoms with Crippen LogP contribution < -0.4 is 0 Å². The zero-order valence-electron chi connectivity index (χ0n) is 49.1. The van der Waals surface area contributed by atoms with Crippen molar-refractivity contribution in [1.82, 2.24) is 24.7 Å². The van der Waals surface area contributed by atoms with Crippen molar-refractivity contribution < 1.29 is 43.0 Å². The lowest BCUT2D eigenvalue weighted by molar-refractivity contribution is -0.149. The summed E-state index contributed by atoms with van der Waals surface area (Å²) in [7, 11) is 11.1. The molecule has 1 saturated heterocycles. The number of ketones is 3. The minimum atomic E-state index is -0.589. The predicted octanol–water partition coefficient (Wildman–Crippen LogP) is 12.6. The molecule has 1 aliphatic rings. The SMILES string of the molecule is CC[C@H](C)C([C@@H](CC(=O)N1CCC[C@H]1[C@H](OC)[C@@H](C)C(=O)C[C@@H](Cc1ccccc1)c1nc(C(=O)CCCc2ccccc2)cs1)OC)N(C)C(=O)[C@@H](CC(=O)[C@@H](C)C(C)C)C(C)C.COC(=O)N(C)CSSc1ccccn1. The number of ether oxygens (including phenoxy) is 3. The molecule has 0 saturated carbocycles. The Bertz CT molecular complexity index is 2480. The van der Waals surface area contributed by atoms with E-state index >= 15 is 0 Å². The Balaban J connectivity index is 0.000000771. The molecule has 0 bridgehead atoms. The van der Waals surface area contributed by atoms with Crippen LogP contribution in [0, 0.1) is 35.5 Å². The van der Waals surface area contributed by atoms with Crippen molar-refractivity contribution in [2.24, 2.45) is 35.5 Å². The number of pyridine rings is 1.